The van der Waals surface area contributed by atoms with Gasteiger partial charge >= 0.3 is 0 Å². The lowest BCUT2D eigenvalue weighted by Gasteiger charge is -2.20. The number of hydrogen-bond acceptors (Lipinski definition) is 4. The van der Waals surface area contributed by atoms with E-state index in [0.29, 0.717) is 18.2 Å². The molecular weight excluding hydrogens is 350 g/mol. The summed E-state index contributed by atoms with van der Waals surface area (Å²) in [5, 5.41) is 0. The van der Waals surface area contributed by atoms with Crippen LogP contribution in [0.25, 0.3) is 11.3 Å². The van der Waals surface area contributed by atoms with E-state index in [1.54, 1.807) is 17.0 Å². The van der Waals surface area contributed by atoms with Crippen molar-refractivity contribution in [3.05, 3.63) is 47.7 Å². The van der Waals surface area contributed by atoms with Crippen molar-refractivity contribution in [3.8, 4) is 11.3 Å². The van der Waals surface area contributed by atoms with E-state index in [9.17, 15) is 13.2 Å². The van der Waals surface area contributed by atoms with Crippen LogP contribution >= 0.6 is 0 Å². The lowest BCUT2D eigenvalue weighted by atomic mass is 10.0. The van der Waals surface area contributed by atoms with Crippen LogP contribution in [0.2, 0.25) is 0 Å². The van der Waals surface area contributed by atoms with Gasteiger partial charge in [-0.3, -0.25) is 4.79 Å². The van der Waals surface area contributed by atoms with Gasteiger partial charge in [0.2, 0.25) is 0 Å². The number of sulfone groups is 1. The Labute approximate surface area is 154 Å². The molecule has 1 aliphatic rings. The van der Waals surface area contributed by atoms with E-state index in [1.807, 2.05) is 19.1 Å². The molecule has 5 nitrogen and oxygen atoms in total. The van der Waals surface area contributed by atoms with Crippen molar-refractivity contribution >= 4 is 15.7 Å². The van der Waals surface area contributed by atoms with Crippen LogP contribution in [-0.4, -0.2) is 43.8 Å². The number of amides is 1. The van der Waals surface area contributed by atoms with E-state index < -0.39 is 9.84 Å². The third-order valence-corrected chi connectivity index (χ3v) is 6.57. The number of nitrogens with zero attached hydrogens (tertiary/aromatic N) is 1. The predicted molar refractivity (Wildman–Crippen MR) is 102 cm³/mol. The Balaban J connectivity index is 1.81. The Hall–Kier alpha value is -2.08. The number of carbonyl (C=O) groups excluding carboxylic acids is 1. The van der Waals surface area contributed by atoms with Crippen LogP contribution in [0, 0.1) is 5.92 Å². The molecule has 1 atom stereocenters. The van der Waals surface area contributed by atoms with E-state index >= 15 is 0 Å². The molecule has 3 rings (SSSR count). The quantitative estimate of drug-likeness (QED) is 0.822. The van der Waals surface area contributed by atoms with Crippen LogP contribution in [0.1, 0.15) is 42.8 Å². The Kier molecular flexibility index (Phi) is 5.23. The predicted octanol–water partition coefficient (Wildman–Crippen LogP) is 3.58. The molecule has 2 heterocycles. The summed E-state index contributed by atoms with van der Waals surface area (Å²) in [4.78, 5) is 14.4. The zero-order valence-electron chi connectivity index (χ0n) is 15.4. The Bertz CT molecular complexity index is 898. The average molecular weight is 375 g/mol. The molecule has 0 spiro atoms. The van der Waals surface area contributed by atoms with Crippen LogP contribution in [-0.2, 0) is 9.84 Å². The molecule has 1 aliphatic heterocycles. The minimum atomic E-state index is -3.09. The molecule has 0 N–H and O–H groups in total. The maximum atomic E-state index is 12.8. The van der Waals surface area contributed by atoms with Crippen molar-refractivity contribution in [3.63, 3.8) is 0 Å². The lowest BCUT2D eigenvalue weighted by molar-refractivity contribution is 0.0720. The fourth-order valence-corrected chi connectivity index (χ4v) is 4.92. The minimum Gasteiger partial charge on any atom is -0.451 e. The second-order valence-electron chi connectivity index (χ2n) is 7.41. The maximum Gasteiger partial charge on any atom is 0.289 e. The largest absolute Gasteiger partial charge is 0.451 e. The van der Waals surface area contributed by atoms with Gasteiger partial charge in [-0.25, -0.2) is 8.42 Å². The van der Waals surface area contributed by atoms with Crippen molar-refractivity contribution < 1.29 is 17.6 Å². The zero-order valence-corrected chi connectivity index (χ0v) is 16.3. The molecular formula is C20H25NO4S. The summed E-state index contributed by atoms with van der Waals surface area (Å²) in [6.45, 7) is 6.75. The van der Waals surface area contributed by atoms with E-state index in [2.05, 4.69) is 26.0 Å². The molecule has 6 heteroatoms. The molecule has 2 aromatic rings. The van der Waals surface area contributed by atoms with Crippen LogP contribution in [0.4, 0.5) is 0 Å². The van der Waals surface area contributed by atoms with Gasteiger partial charge in [-0.05, 0) is 35.6 Å². The van der Waals surface area contributed by atoms with Crippen molar-refractivity contribution in [1.82, 2.24) is 4.90 Å². The summed E-state index contributed by atoms with van der Waals surface area (Å²) in [6, 6.07) is 11.5. The van der Waals surface area contributed by atoms with Crippen LogP contribution < -0.4 is 0 Å². The Morgan fingerprint density at radius 2 is 2.00 bits per heavy atom. The van der Waals surface area contributed by atoms with Gasteiger partial charge in [0.1, 0.15) is 5.76 Å². The summed E-state index contributed by atoms with van der Waals surface area (Å²) in [5.74, 6) is 1.11. The van der Waals surface area contributed by atoms with E-state index in [1.165, 1.54) is 5.56 Å². The fourth-order valence-electron chi connectivity index (χ4n) is 3.29. The lowest BCUT2D eigenvalue weighted by Crippen LogP contribution is -2.35. The standard InChI is InChI=1S/C20H25NO4S/c1-14(2)16-5-4-6-17(11-16)18-7-8-19(25-18)20(22)21-9-10-26(23,24)13-15(3)12-21/h4-8,11,14-15H,9-10,12-13H2,1-3H3. The van der Waals surface area contributed by atoms with Crippen LogP contribution in [0.15, 0.2) is 40.8 Å². The molecule has 1 aromatic carbocycles. The molecule has 0 aliphatic carbocycles. The molecule has 1 aromatic heterocycles. The van der Waals surface area contributed by atoms with Crippen LogP contribution in [0.5, 0.6) is 0 Å². The number of hydrogen-bond donors (Lipinski definition) is 0. The van der Waals surface area contributed by atoms with Gasteiger partial charge in [-0.15, -0.1) is 0 Å². The monoisotopic (exact) mass is 375 g/mol. The number of rotatable bonds is 3. The normalized spacial score (nSPS) is 20.2. The number of benzene rings is 1. The minimum absolute atomic E-state index is 0.00702. The van der Waals surface area contributed by atoms with Crippen molar-refractivity contribution in [2.75, 3.05) is 24.6 Å². The summed E-state index contributed by atoms with van der Waals surface area (Å²) < 4.78 is 29.6. The van der Waals surface area contributed by atoms with Crippen LogP contribution in [0.3, 0.4) is 0 Å². The highest BCUT2D eigenvalue weighted by atomic mass is 32.2. The van der Waals surface area contributed by atoms with E-state index in [0.717, 1.165) is 5.56 Å². The molecule has 1 amide bonds. The average Bonchev–Trinajstić information content (AvgIpc) is 3.02. The Morgan fingerprint density at radius 1 is 1.23 bits per heavy atom. The molecule has 1 saturated heterocycles. The molecule has 1 unspecified atom stereocenters. The first-order valence-corrected chi connectivity index (χ1v) is 10.8. The molecule has 0 radical (unpaired) electrons. The summed E-state index contributed by atoms with van der Waals surface area (Å²) in [7, 11) is -3.09. The second-order valence-corrected chi connectivity index (χ2v) is 9.64. The van der Waals surface area contributed by atoms with Gasteiger partial charge in [0.25, 0.3) is 5.91 Å². The fraction of sp³-hybridized carbons (Fsp3) is 0.450. The number of furan rings is 1. The van der Waals surface area contributed by atoms with Crippen molar-refractivity contribution in [2.45, 2.75) is 26.7 Å². The van der Waals surface area contributed by atoms with Crippen molar-refractivity contribution in [2.24, 2.45) is 5.92 Å². The molecule has 26 heavy (non-hydrogen) atoms. The zero-order chi connectivity index (χ0) is 18.9. The highest BCUT2D eigenvalue weighted by molar-refractivity contribution is 7.91. The summed E-state index contributed by atoms with van der Waals surface area (Å²) >= 11 is 0. The van der Waals surface area contributed by atoms with Crippen molar-refractivity contribution in [1.29, 1.82) is 0 Å². The van der Waals surface area contributed by atoms with Gasteiger partial charge in [0, 0.05) is 18.7 Å². The number of carbonyl (C=O) groups is 1. The summed E-state index contributed by atoms with van der Waals surface area (Å²) in [6.07, 6.45) is 0. The third-order valence-electron chi connectivity index (χ3n) is 4.68. The molecule has 1 fully saturated rings. The third kappa shape index (κ3) is 4.18. The Morgan fingerprint density at radius 3 is 2.73 bits per heavy atom. The topological polar surface area (TPSA) is 67.6 Å². The molecule has 0 saturated carbocycles. The SMILES string of the molecule is CC1CN(C(=O)c2ccc(-c3cccc(C(C)C)c3)o2)CCS(=O)(=O)C1. The van der Waals surface area contributed by atoms with Gasteiger partial charge < -0.3 is 9.32 Å². The maximum absolute atomic E-state index is 12.8. The smallest absolute Gasteiger partial charge is 0.289 e. The van der Waals surface area contributed by atoms with E-state index in [4.69, 9.17) is 4.42 Å². The first kappa shape index (κ1) is 18.7. The molecule has 0 bridgehead atoms. The van der Waals surface area contributed by atoms with Gasteiger partial charge in [0.05, 0.1) is 11.5 Å². The first-order valence-electron chi connectivity index (χ1n) is 8.95. The second kappa shape index (κ2) is 7.27. The summed E-state index contributed by atoms with van der Waals surface area (Å²) in [5.41, 5.74) is 2.14. The molecule has 140 valence electrons. The van der Waals surface area contributed by atoms with Gasteiger partial charge in [-0.2, -0.15) is 0 Å². The van der Waals surface area contributed by atoms with Gasteiger partial charge in [-0.1, -0.05) is 39.0 Å². The highest BCUT2D eigenvalue weighted by Gasteiger charge is 2.28. The van der Waals surface area contributed by atoms with Gasteiger partial charge in [0.15, 0.2) is 15.6 Å². The first-order chi connectivity index (χ1) is 12.2. The van der Waals surface area contributed by atoms with E-state index in [-0.39, 0.29) is 35.6 Å². The highest BCUT2D eigenvalue weighted by Crippen LogP contribution is 2.26.